The van der Waals surface area contributed by atoms with Crippen LogP contribution in [0, 0.1) is 11.6 Å². The molecule has 1 amide bonds. The van der Waals surface area contributed by atoms with Crippen LogP contribution in [0.5, 0.6) is 0 Å². The summed E-state index contributed by atoms with van der Waals surface area (Å²) in [4.78, 5) is 14.5. The van der Waals surface area contributed by atoms with Gasteiger partial charge in [0.1, 0.15) is 11.6 Å². The van der Waals surface area contributed by atoms with Gasteiger partial charge in [-0.3, -0.25) is 9.89 Å². The van der Waals surface area contributed by atoms with Crippen LogP contribution in [0.3, 0.4) is 0 Å². The summed E-state index contributed by atoms with van der Waals surface area (Å²) < 4.78 is 26.5. The van der Waals surface area contributed by atoms with Crippen LogP contribution in [0.2, 0.25) is 0 Å². The highest BCUT2D eigenvalue weighted by Crippen LogP contribution is 2.29. The second kappa shape index (κ2) is 7.31. The van der Waals surface area contributed by atoms with Crippen molar-refractivity contribution in [1.82, 2.24) is 15.1 Å². The second-order valence-corrected chi connectivity index (χ2v) is 6.82. The lowest BCUT2D eigenvalue weighted by Crippen LogP contribution is -2.39. The molecular formula is C21H19F2N3O. The van der Waals surface area contributed by atoms with Crippen molar-refractivity contribution in [2.75, 3.05) is 13.1 Å². The van der Waals surface area contributed by atoms with Crippen molar-refractivity contribution in [3.8, 4) is 11.3 Å². The Balaban J connectivity index is 1.50. The monoisotopic (exact) mass is 367 g/mol. The number of nitrogens with one attached hydrogen (secondary N) is 1. The number of halogens is 2. The highest BCUT2D eigenvalue weighted by molar-refractivity contribution is 5.94. The molecule has 1 unspecified atom stereocenters. The Bertz CT molecular complexity index is 952. The number of nitrogens with zero attached hydrogens (tertiary/aromatic N) is 2. The number of hydrogen-bond acceptors (Lipinski definition) is 2. The van der Waals surface area contributed by atoms with Crippen molar-refractivity contribution < 1.29 is 13.6 Å². The molecule has 0 radical (unpaired) electrons. The van der Waals surface area contributed by atoms with Crippen LogP contribution in [0.4, 0.5) is 8.78 Å². The second-order valence-electron chi connectivity index (χ2n) is 6.82. The van der Waals surface area contributed by atoms with Crippen molar-refractivity contribution in [1.29, 1.82) is 0 Å². The predicted octanol–water partition coefficient (Wildman–Crippen LogP) is 4.37. The molecule has 1 fully saturated rings. The van der Waals surface area contributed by atoms with E-state index in [1.165, 1.54) is 36.4 Å². The fraction of sp³-hybridized carbons (Fsp3) is 0.238. The van der Waals surface area contributed by atoms with Crippen molar-refractivity contribution in [2.24, 2.45) is 0 Å². The molecule has 3 aromatic rings. The first-order valence-electron chi connectivity index (χ1n) is 8.96. The zero-order chi connectivity index (χ0) is 18.8. The number of carbonyl (C=O) groups is 1. The van der Waals surface area contributed by atoms with Gasteiger partial charge in [-0.15, -0.1) is 0 Å². The molecule has 1 aromatic heterocycles. The summed E-state index contributed by atoms with van der Waals surface area (Å²) in [6.45, 7) is 1.25. The average Bonchev–Trinajstić information content (AvgIpc) is 3.18. The minimum absolute atomic E-state index is 0.0930. The molecule has 0 bridgehead atoms. The Morgan fingerprint density at radius 1 is 1.07 bits per heavy atom. The number of H-pyrrole nitrogens is 1. The Kier molecular flexibility index (Phi) is 4.71. The minimum atomic E-state index is -0.356. The molecule has 4 nitrogen and oxygen atoms in total. The Hall–Kier alpha value is -3.02. The van der Waals surface area contributed by atoms with E-state index in [2.05, 4.69) is 10.2 Å². The molecule has 138 valence electrons. The third-order valence-corrected chi connectivity index (χ3v) is 4.96. The topological polar surface area (TPSA) is 49.0 Å². The molecule has 27 heavy (non-hydrogen) atoms. The summed E-state index contributed by atoms with van der Waals surface area (Å²) in [5, 5.41) is 7.34. The molecule has 1 N–H and O–H groups in total. The van der Waals surface area contributed by atoms with Gasteiger partial charge in [0.2, 0.25) is 0 Å². The van der Waals surface area contributed by atoms with Crippen molar-refractivity contribution in [3.63, 3.8) is 0 Å². The van der Waals surface area contributed by atoms with E-state index >= 15 is 0 Å². The number of carbonyl (C=O) groups excluding carboxylic acids is 1. The lowest BCUT2D eigenvalue weighted by molar-refractivity contribution is 0.0706. The predicted molar refractivity (Wildman–Crippen MR) is 98.3 cm³/mol. The van der Waals surface area contributed by atoms with Crippen LogP contribution in [-0.4, -0.2) is 34.1 Å². The molecule has 6 heteroatoms. The van der Waals surface area contributed by atoms with E-state index in [9.17, 15) is 13.6 Å². The summed E-state index contributed by atoms with van der Waals surface area (Å²) >= 11 is 0. The Morgan fingerprint density at radius 2 is 1.89 bits per heavy atom. The van der Waals surface area contributed by atoms with Gasteiger partial charge in [0.25, 0.3) is 5.91 Å². The first kappa shape index (κ1) is 17.4. The van der Waals surface area contributed by atoms with Crippen LogP contribution in [0.15, 0.2) is 54.6 Å². The molecule has 2 heterocycles. The molecule has 1 atom stereocenters. The molecule has 0 aliphatic carbocycles. The summed E-state index contributed by atoms with van der Waals surface area (Å²) in [5.74, 6) is -0.612. The molecular weight excluding hydrogens is 348 g/mol. The zero-order valence-corrected chi connectivity index (χ0v) is 14.7. The van der Waals surface area contributed by atoms with Crippen LogP contribution in [-0.2, 0) is 0 Å². The van der Waals surface area contributed by atoms with E-state index in [0.29, 0.717) is 29.9 Å². The van der Waals surface area contributed by atoms with Crippen molar-refractivity contribution in [3.05, 3.63) is 77.5 Å². The van der Waals surface area contributed by atoms with E-state index in [-0.39, 0.29) is 23.5 Å². The van der Waals surface area contributed by atoms with Gasteiger partial charge in [-0.2, -0.15) is 5.10 Å². The molecule has 0 saturated carbocycles. The van der Waals surface area contributed by atoms with Gasteiger partial charge in [0.05, 0.1) is 5.69 Å². The highest BCUT2D eigenvalue weighted by Gasteiger charge is 2.26. The van der Waals surface area contributed by atoms with Gasteiger partial charge >= 0.3 is 0 Å². The van der Waals surface area contributed by atoms with E-state index in [1.807, 2.05) is 12.1 Å². The largest absolute Gasteiger partial charge is 0.338 e. The van der Waals surface area contributed by atoms with Gasteiger partial charge in [0.15, 0.2) is 0 Å². The molecule has 1 saturated heterocycles. The number of amides is 1. The fourth-order valence-corrected chi connectivity index (χ4v) is 3.53. The van der Waals surface area contributed by atoms with E-state index in [1.54, 1.807) is 11.0 Å². The van der Waals surface area contributed by atoms with Crippen LogP contribution in [0.25, 0.3) is 11.3 Å². The maximum atomic E-state index is 13.4. The minimum Gasteiger partial charge on any atom is -0.338 e. The van der Waals surface area contributed by atoms with Crippen molar-refractivity contribution >= 4 is 5.91 Å². The van der Waals surface area contributed by atoms with Gasteiger partial charge in [-0.1, -0.05) is 12.1 Å². The number of rotatable bonds is 3. The Morgan fingerprint density at radius 3 is 2.67 bits per heavy atom. The lowest BCUT2D eigenvalue weighted by atomic mass is 9.94. The van der Waals surface area contributed by atoms with Crippen LogP contribution < -0.4 is 0 Å². The maximum Gasteiger partial charge on any atom is 0.253 e. The van der Waals surface area contributed by atoms with E-state index < -0.39 is 0 Å². The normalized spacial score (nSPS) is 17.1. The standard InChI is InChI=1S/C21H19F2N3O/c22-17-8-6-14(7-9-17)21(27)26-10-2-4-16(13-26)20-12-19(24-25-20)15-3-1-5-18(23)11-15/h1,3,5-9,11-12,16H,2,4,10,13H2,(H,24,25). The molecule has 1 aliphatic heterocycles. The summed E-state index contributed by atoms with van der Waals surface area (Å²) in [7, 11) is 0. The summed E-state index contributed by atoms with van der Waals surface area (Å²) in [6.07, 6.45) is 1.82. The zero-order valence-electron chi connectivity index (χ0n) is 14.7. The smallest absolute Gasteiger partial charge is 0.253 e. The number of likely N-dealkylation sites (tertiary alicyclic amines) is 1. The lowest BCUT2D eigenvalue weighted by Gasteiger charge is -2.32. The first-order chi connectivity index (χ1) is 13.1. The molecule has 4 rings (SSSR count). The SMILES string of the molecule is O=C(c1ccc(F)cc1)N1CCCC(c2cc(-c3cccc(F)c3)n[nH]2)C1. The van der Waals surface area contributed by atoms with Gasteiger partial charge in [-0.05, 0) is 55.3 Å². The average molecular weight is 367 g/mol. The third kappa shape index (κ3) is 3.74. The molecule has 2 aromatic carbocycles. The highest BCUT2D eigenvalue weighted by atomic mass is 19.1. The number of benzene rings is 2. The number of hydrogen-bond donors (Lipinski definition) is 1. The third-order valence-electron chi connectivity index (χ3n) is 4.96. The van der Waals surface area contributed by atoms with Crippen LogP contribution in [0.1, 0.15) is 34.8 Å². The first-order valence-corrected chi connectivity index (χ1v) is 8.96. The van der Waals surface area contributed by atoms with Gasteiger partial charge < -0.3 is 4.90 Å². The summed E-state index contributed by atoms with van der Waals surface area (Å²) in [6, 6.07) is 13.9. The number of aromatic amines is 1. The maximum absolute atomic E-state index is 13.4. The van der Waals surface area contributed by atoms with Crippen molar-refractivity contribution in [2.45, 2.75) is 18.8 Å². The summed E-state index contributed by atoms with van der Waals surface area (Å²) in [5.41, 5.74) is 2.83. The van der Waals surface area contributed by atoms with Gasteiger partial charge in [-0.25, -0.2) is 8.78 Å². The number of aromatic nitrogens is 2. The quantitative estimate of drug-likeness (QED) is 0.747. The van der Waals surface area contributed by atoms with E-state index in [0.717, 1.165) is 18.5 Å². The van der Waals surface area contributed by atoms with Crippen LogP contribution >= 0.6 is 0 Å². The molecule has 1 aliphatic rings. The molecule has 0 spiro atoms. The fourth-order valence-electron chi connectivity index (χ4n) is 3.53. The Labute approximate surface area is 155 Å². The van der Waals surface area contributed by atoms with E-state index in [4.69, 9.17) is 0 Å². The van der Waals surface area contributed by atoms with Gasteiger partial charge in [0, 0.05) is 35.8 Å². The number of piperidine rings is 1.